The van der Waals surface area contributed by atoms with E-state index in [1.165, 1.54) is 0 Å². The molecule has 37 heavy (non-hydrogen) atoms. The number of aryl methyl sites for hydroxylation is 2. The summed E-state index contributed by atoms with van der Waals surface area (Å²) in [6.45, 7) is 5.47. The lowest BCUT2D eigenvalue weighted by Crippen LogP contribution is -2.26. The summed E-state index contributed by atoms with van der Waals surface area (Å²) in [5.74, 6) is 1.10. The maximum atomic E-state index is 13.7. The van der Waals surface area contributed by atoms with E-state index in [0.29, 0.717) is 18.3 Å². The summed E-state index contributed by atoms with van der Waals surface area (Å²) in [4.78, 5) is 18.1. The van der Waals surface area contributed by atoms with Gasteiger partial charge in [0.15, 0.2) is 0 Å². The van der Waals surface area contributed by atoms with Crippen molar-refractivity contribution >= 4 is 0 Å². The maximum Gasteiger partial charge on any atom is 0.335 e. The Morgan fingerprint density at radius 3 is 2.54 bits per heavy atom. The van der Waals surface area contributed by atoms with E-state index in [2.05, 4.69) is 49.7 Å². The molecule has 0 saturated carbocycles. The minimum absolute atomic E-state index is 0.126. The Balaban J connectivity index is 1.51. The predicted molar refractivity (Wildman–Crippen MR) is 139 cm³/mol. The van der Waals surface area contributed by atoms with Crippen molar-refractivity contribution in [1.82, 2.24) is 49.5 Å². The van der Waals surface area contributed by atoms with Crippen molar-refractivity contribution in [2.75, 3.05) is 0 Å². The zero-order valence-electron chi connectivity index (χ0n) is 21.1. The van der Waals surface area contributed by atoms with Gasteiger partial charge in [0.1, 0.15) is 6.33 Å². The van der Waals surface area contributed by atoms with Crippen LogP contribution in [0, 0.1) is 0 Å². The van der Waals surface area contributed by atoms with Crippen LogP contribution in [0.25, 0.3) is 28.5 Å². The average Bonchev–Trinajstić information content (AvgIpc) is 3.69. The fraction of sp³-hybridized carbons (Fsp3) is 0.346. The number of hydrogen-bond donors (Lipinski definition) is 1. The SMILES string of the molecule is CCCCc1cn(-c2nncn2CCCC)c(=O)n1Cc1cnccc1-c1ccc(-c2nn[nH]n2)cc1. The van der Waals surface area contributed by atoms with Crippen LogP contribution in [0.2, 0.25) is 0 Å². The van der Waals surface area contributed by atoms with Gasteiger partial charge in [-0.15, -0.1) is 20.4 Å². The van der Waals surface area contributed by atoms with E-state index in [-0.39, 0.29) is 5.69 Å². The number of H-pyrrole nitrogens is 1. The zero-order valence-corrected chi connectivity index (χ0v) is 21.1. The van der Waals surface area contributed by atoms with E-state index in [1.54, 1.807) is 17.1 Å². The number of nitrogens with one attached hydrogen (secondary N) is 1. The minimum atomic E-state index is -0.126. The molecule has 5 rings (SSSR count). The standard InChI is InChI=1S/C26H30N10O/c1-3-5-7-22-17-36(25-31-28-18-34(25)14-6-4-2)26(37)35(22)16-21-15-27-13-12-23(21)19-8-10-20(11-9-19)24-29-32-33-30-24/h8-13,15,17-18H,3-7,14,16H2,1-2H3,(H,29,30,32,33). The highest BCUT2D eigenvalue weighted by Gasteiger charge is 2.18. The fourth-order valence-electron chi connectivity index (χ4n) is 4.41. The van der Waals surface area contributed by atoms with Gasteiger partial charge in [0.05, 0.1) is 6.54 Å². The van der Waals surface area contributed by atoms with Crippen molar-refractivity contribution in [3.05, 3.63) is 77.0 Å². The smallest absolute Gasteiger partial charge is 0.299 e. The van der Waals surface area contributed by atoms with Crippen LogP contribution in [0.5, 0.6) is 0 Å². The number of benzene rings is 1. The Kier molecular flexibility index (Phi) is 7.29. The monoisotopic (exact) mass is 498 g/mol. The first-order valence-corrected chi connectivity index (χ1v) is 12.7. The van der Waals surface area contributed by atoms with Crippen LogP contribution >= 0.6 is 0 Å². The van der Waals surface area contributed by atoms with Crippen molar-refractivity contribution in [2.45, 2.75) is 59.0 Å². The molecule has 0 atom stereocenters. The molecule has 11 nitrogen and oxygen atoms in total. The van der Waals surface area contributed by atoms with Gasteiger partial charge in [-0.2, -0.15) is 5.21 Å². The summed E-state index contributed by atoms with van der Waals surface area (Å²) < 4.78 is 5.41. The summed E-state index contributed by atoms with van der Waals surface area (Å²) >= 11 is 0. The lowest BCUT2D eigenvalue weighted by Gasteiger charge is -2.12. The Labute approximate surface area is 214 Å². The Bertz CT molecular complexity index is 1500. The number of rotatable bonds is 11. The van der Waals surface area contributed by atoms with E-state index >= 15 is 0 Å². The molecule has 4 aromatic heterocycles. The van der Waals surface area contributed by atoms with Gasteiger partial charge < -0.3 is 0 Å². The quantitative estimate of drug-likeness (QED) is 0.295. The molecule has 1 N–H and O–H groups in total. The summed E-state index contributed by atoms with van der Waals surface area (Å²) in [5.41, 5.74) is 4.71. The van der Waals surface area contributed by atoms with Gasteiger partial charge in [0.2, 0.25) is 11.8 Å². The second-order valence-electron chi connectivity index (χ2n) is 8.99. The van der Waals surface area contributed by atoms with E-state index < -0.39 is 0 Å². The number of aromatic amines is 1. The molecule has 0 spiro atoms. The third kappa shape index (κ3) is 5.11. The average molecular weight is 499 g/mol. The number of hydrogen-bond acceptors (Lipinski definition) is 7. The minimum Gasteiger partial charge on any atom is -0.299 e. The van der Waals surface area contributed by atoms with Crippen molar-refractivity contribution < 1.29 is 0 Å². The maximum absolute atomic E-state index is 13.7. The first kappa shape index (κ1) is 24.3. The van der Waals surface area contributed by atoms with Crippen LogP contribution in [0.1, 0.15) is 50.8 Å². The first-order chi connectivity index (χ1) is 18.2. The predicted octanol–water partition coefficient (Wildman–Crippen LogP) is 3.66. The molecule has 11 heteroatoms. The number of tetrazole rings is 1. The Morgan fingerprint density at radius 1 is 0.973 bits per heavy atom. The van der Waals surface area contributed by atoms with E-state index in [0.717, 1.165) is 66.6 Å². The largest absolute Gasteiger partial charge is 0.335 e. The molecule has 190 valence electrons. The molecule has 0 bridgehead atoms. The lowest BCUT2D eigenvalue weighted by atomic mass is 10.00. The van der Waals surface area contributed by atoms with Crippen molar-refractivity contribution in [2.24, 2.45) is 0 Å². The molecule has 0 aliphatic heterocycles. The molecule has 0 saturated heterocycles. The number of nitrogens with zero attached hydrogens (tertiary/aromatic N) is 9. The molecule has 0 unspecified atom stereocenters. The van der Waals surface area contributed by atoms with E-state index in [1.807, 2.05) is 51.9 Å². The number of aromatic nitrogens is 10. The molecule has 5 aromatic rings. The summed E-state index contributed by atoms with van der Waals surface area (Å²) in [6.07, 6.45) is 12.1. The van der Waals surface area contributed by atoms with Crippen molar-refractivity contribution in [3.8, 4) is 28.5 Å². The molecule has 0 aliphatic carbocycles. The highest BCUT2D eigenvalue weighted by atomic mass is 16.2. The highest BCUT2D eigenvalue weighted by Crippen LogP contribution is 2.26. The topological polar surface area (TPSA) is 125 Å². The summed E-state index contributed by atoms with van der Waals surface area (Å²) in [5, 5.41) is 22.5. The van der Waals surface area contributed by atoms with Gasteiger partial charge in [-0.3, -0.25) is 14.1 Å². The van der Waals surface area contributed by atoms with Crippen LogP contribution in [0.15, 0.2) is 60.0 Å². The molecular formula is C26H30N10O. The molecule has 0 amide bonds. The third-order valence-electron chi connectivity index (χ3n) is 6.44. The molecule has 4 heterocycles. The molecule has 0 radical (unpaired) electrons. The zero-order chi connectivity index (χ0) is 25.6. The number of imidazole rings is 1. The van der Waals surface area contributed by atoms with Crippen LogP contribution in [-0.4, -0.2) is 49.5 Å². The second kappa shape index (κ2) is 11.1. The fourth-order valence-corrected chi connectivity index (χ4v) is 4.41. The summed E-state index contributed by atoms with van der Waals surface area (Å²) in [6, 6.07) is 9.94. The normalized spacial score (nSPS) is 11.3. The van der Waals surface area contributed by atoms with E-state index in [4.69, 9.17) is 0 Å². The summed E-state index contributed by atoms with van der Waals surface area (Å²) in [7, 11) is 0. The Hall–Kier alpha value is -4.41. The van der Waals surface area contributed by atoms with Gasteiger partial charge in [0, 0.05) is 36.4 Å². The Morgan fingerprint density at radius 2 is 1.78 bits per heavy atom. The molecule has 1 aromatic carbocycles. The molecular weight excluding hydrogens is 468 g/mol. The number of unbranched alkanes of at least 4 members (excludes halogenated alkanes) is 2. The van der Waals surface area contributed by atoms with Gasteiger partial charge in [-0.1, -0.05) is 51.0 Å². The third-order valence-corrected chi connectivity index (χ3v) is 6.44. The molecule has 0 fully saturated rings. The van der Waals surface area contributed by atoms with Gasteiger partial charge >= 0.3 is 5.69 Å². The van der Waals surface area contributed by atoms with Gasteiger partial charge in [-0.05, 0) is 47.2 Å². The van der Waals surface area contributed by atoms with Crippen LogP contribution < -0.4 is 5.69 Å². The highest BCUT2D eigenvalue weighted by molar-refractivity contribution is 5.69. The van der Waals surface area contributed by atoms with E-state index in [9.17, 15) is 4.79 Å². The molecule has 0 aliphatic rings. The number of pyridine rings is 1. The lowest BCUT2D eigenvalue weighted by molar-refractivity contribution is 0.607. The van der Waals surface area contributed by atoms with Gasteiger partial charge in [-0.25, -0.2) is 9.36 Å². The first-order valence-electron chi connectivity index (χ1n) is 12.7. The van der Waals surface area contributed by atoms with Gasteiger partial charge in [0.25, 0.3) is 0 Å². The van der Waals surface area contributed by atoms with Crippen LogP contribution in [0.4, 0.5) is 0 Å². The van der Waals surface area contributed by atoms with Crippen molar-refractivity contribution in [1.29, 1.82) is 0 Å². The second-order valence-corrected chi connectivity index (χ2v) is 8.99. The van der Waals surface area contributed by atoms with Crippen LogP contribution in [-0.2, 0) is 19.5 Å². The van der Waals surface area contributed by atoms with Crippen molar-refractivity contribution in [3.63, 3.8) is 0 Å². The van der Waals surface area contributed by atoms with Crippen LogP contribution in [0.3, 0.4) is 0 Å².